The number of carbonyl (C=O) groups is 1. The van der Waals surface area contributed by atoms with Gasteiger partial charge in [0.15, 0.2) is 0 Å². The molecule has 1 fully saturated rings. The Hall–Kier alpha value is -2.32. The molecule has 0 radical (unpaired) electrons. The molecule has 0 unspecified atom stereocenters. The number of carbonyl (C=O) groups excluding carboxylic acids is 1. The summed E-state index contributed by atoms with van der Waals surface area (Å²) < 4.78 is 4.90. The maximum atomic E-state index is 11.1. The first-order valence-corrected chi connectivity index (χ1v) is 7.06. The topological polar surface area (TPSA) is 51.2 Å². The number of benzene rings is 1. The minimum absolute atomic E-state index is 0.0919. The summed E-state index contributed by atoms with van der Waals surface area (Å²) in [5.74, 6) is 6.13. The Morgan fingerprint density at radius 1 is 1.45 bits per heavy atom. The second-order valence-corrected chi connectivity index (χ2v) is 5.48. The number of ether oxygens (including phenoxy) is 1. The molecule has 1 aromatic heterocycles. The molecule has 2 aromatic rings. The van der Waals surface area contributed by atoms with Gasteiger partial charge in [0, 0.05) is 10.9 Å². The number of aryl methyl sites for hydroxylation is 1. The molecule has 0 aliphatic carbocycles. The molecule has 1 aliphatic rings. The van der Waals surface area contributed by atoms with E-state index in [1.807, 2.05) is 36.6 Å². The van der Waals surface area contributed by atoms with E-state index in [4.69, 9.17) is 4.74 Å². The Labute approximate surface area is 120 Å². The molecule has 1 saturated heterocycles. The molecular weight excluding hydrogens is 272 g/mol. The number of amides is 1. The van der Waals surface area contributed by atoms with Crippen LogP contribution in [0.25, 0.3) is 0 Å². The van der Waals surface area contributed by atoms with Crippen molar-refractivity contribution in [2.45, 2.75) is 13.0 Å². The van der Waals surface area contributed by atoms with Crippen LogP contribution in [0.3, 0.4) is 0 Å². The van der Waals surface area contributed by atoms with Gasteiger partial charge in [-0.25, -0.2) is 9.78 Å². The van der Waals surface area contributed by atoms with Gasteiger partial charge in [-0.2, -0.15) is 0 Å². The fourth-order valence-corrected chi connectivity index (χ4v) is 2.50. The molecule has 5 heteroatoms. The molecule has 1 N–H and O–H groups in total. The molecule has 3 rings (SSSR count). The van der Waals surface area contributed by atoms with E-state index < -0.39 is 0 Å². The zero-order valence-electron chi connectivity index (χ0n) is 10.8. The van der Waals surface area contributed by atoms with Gasteiger partial charge >= 0.3 is 6.09 Å². The summed E-state index contributed by atoms with van der Waals surface area (Å²) in [5, 5.41) is 5.70. The van der Waals surface area contributed by atoms with Gasteiger partial charge in [-0.1, -0.05) is 18.1 Å². The van der Waals surface area contributed by atoms with Crippen molar-refractivity contribution in [3.8, 4) is 11.8 Å². The minimum Gasteiger partial charge on any atom is -0.447 e. The third-order valence-electron chi connectivity index (χ3n) is 2.92. The van der Waals surface area contributed by atoms with Crippen LogP contribution in [-0.4, -0.2) is 17.7 Å². The van der Waals surface area contributed by atoms with E-state index >= 15 is 0 Å². The summed E-state index contributed by atoms with van der Waals surface area (Å²) in [6, 6.07) is 7.69. The van der Waals surface area contributed by atoms with Crippen molar-refractivity contribution in [3.05, 3.63) is 51.5 Å². The average molecular weight is 284 g/mol. The monoisotopic (exact) mass is 284 g/mol. The lowest BCUT2D eigenvalue weighted by molar-refractivity contribution is 0.177. The third kappa shape index (κ3) is 2.81. The molecule has 2 heterocycles. The lowest BCUT2D eigenvalue weighted by atomic mass is 10.1. The number of aromatic nitrogens is 1. The third-order valence-corrected chi connectivity index (χ3v) is 3.69. The van der Waals surface area contributed by atoms with Gasteiger partial charge in [0.25, 0.3) is 0 Å². The normalized spacial score (nSPS) is 17.1. The van der Waals surface area contributed by atoms with Gasteiger partial charge in [0.1, 0.15) is 12.3 Å². The zero-order chi connectivity index (χ0) is 13.9. The van der Waals surface area contributed by atoms with Crippen LogP contribution in [0.1, 0.15) is 27.9 Å². The maximum Gasteiger partial charge on any atom is 0.407 e. The predicted molar refractivity (Wildman–Crippen MR) is 76.5 cm³/mol. The molecule has 0 bridgehead atoms. The fourth-order valence-electron chi connectivity index (χ4n) is 1.95. The second kappa shape index (κ2) is 5.35. The Kier molecular flexibility index (Phi) is 3.40. The highest BCUT2D eigenvalue weighted by molar-refractivity contribution is 7.09. The van der Waals surface area contributed by atoms with Crippen LogP contribution >= 0.6 is 11.3 Å². The molecule has 1 aliphatic heterocycles. The Morgan fingerprint density at radius 2 is 2.35 bits per heavy atom. The molecule has 0 saturated carbocycles. The van der Waals surface area contributed by atoms with Gasteiger partial charge in [0.05, 0.1) is 11.0 Å². The van der Waals surface area contributed by atoms with E-state index in [1.165, 1.54) is 0 Å². The van der Waals surface area contributed by atoms with Crippen LogP contribution < -0.4 is 5.32 Å². The highest BCUT2D eigenvalue weighted by Crippen LogP contribution is 2.18. The SMILES string of the molecule is Cc1nc(C#Cc2cccc([C@@H]3COC(=O)N3)c2)cs1. The van der Waals surface area contributed by atoms with Crippen molar-refractivity contribution in [3.63, 3.8) is 0 Å². The number of nitrogens with zero attached hydrogens (tertiary/aromatic N) is 1. The highest BCUT2D eigenvalue weighted by atomic mass is 32.1. The number of hydrogen-bond acceptors (Lipinski definition) is 4. The molecule has 100 valence electrons. The second-order valence-electron chi connectivity index (χ2n) is 4.42. The molecule has 1 aromatic carbocycles. The zero-order valence-corrected chi connectivity index (χ0v) is 11.7. The summed E-state index contributed by atoms with van der Waals surface area (Å²) in [7, 11) is 0. The van der Waals surface area contributed by atoms with E-state index in [-0.39, 0.29) is 12.1 Å². The number of cyclic esters (lactones) is 1. The van der Waals surface area contributed by atoms with Crippen molar-refractivity contribution >= 4 is 17.4 Å². The standard InChI is InChI=1S/C15H12N2O2S/c1-10-16-13(9-20-10)6-5-11-3-2-4-12(7-11)14-8-19-15(18)17-14/h2-4,7,9,14H,8H2,1H3,(H,17,18)/t14-/m0/s1. The first-order valence-electron chi connectivity index (χ1n) is 6.18. The molecule has 1 amide bonds. The summed E-state index contributed by atoms with van der Waals surface area (Å²) >= 11 is 1.59. The van der Waals surface area contributed by atoms with Gasteiger partial charge in [-0.15, -0.1) is 11.3 Å². The highest BCUT2D eigenvalue weighted by Gasteiger charge is 2.23. The lowest BCUT2D eigenvalue weighted by Gasteiger charge is -2.07. The van der Waals surface area contributed by atoms with Crippen LogP contribution in [0, 0.1) is 18.8 Å². The van der Waals surface area contributed by atoms with Gasteiger partial charge in [0.2, 0.25) is 0 Å². The molecule has 1 atom stereocenters. The van der Waals surface area contributed by atoms with E-state index in [2.05, 4.69) is 22.1 Å². The number of alkyl carbamates (subject to hydrolysis) is 1. The van der Waals surface area contributed by atoms with Crippen molar-refractivity contribution in [1.29, 1.82) is 0 Å². The lowest BCUT2D eigenvalue weighted by Crippen LogP contribution is -2.18. The van der Waals surface area contributed by atoms with Crippen LogP contribution in [0.15, 0.2) is 29.6 Å². The fraction of sp³-hybridized carbons (Fsp3) is 0.200. The number of nitrogens with one attached hydrogen (secondary N) is 1. The maximum absolute atomic E-state index is 11.1. The molecule has 20 heavy (non-hydrogen) atoms. The predicted octanol–water partition coefficient (Wildman–Crippen LogP) is 2.63. The Morgan fingerprint density at radius 3 is 3.05 bits per heavy atom. The number of hydrogen-bond donors (Lipinski definition) is 1. The van der Waals surface area contributed by atoms with Crippen LogP contribution in [0.4, 0.5) is 4.79 Å². The first-order chi connectivity index (χ1) is 9.70. The van der Waals surface area contributed by atoms with Crippen molar-refractivity contribution in [2.75, 3.05) is 6.61 Å². The summed E-state index contributed by atoms with van der Waals surface area (Å²) in [4.78, 5) is 15.4. The van der Waals surface area contributed by atoms with Crippen molar-refractivity contribution in [1.82, 2.24) is 10.3 Å². The van der Waals surface area contributed by atoms with Gasteiger partial charge in [-0.3, -0.25) is 0 Å². The quantitative estimate of drug-likeness (QED) is 0.819. The summed E-state index contributed by atoms with van der Waals surface area (Å²) in [5.41, 5.74) is 2.68. The van der Waals surface area contributed by atoms with E-state index in [0.717, 1.165) is 21.8 Å². The van der Waals surface area contributed by atoms with Crippen molar-refractivity contribution in [2.24, 2.45) is 0 Å². The summed E-state index contributed by atoms with van der Waals surface area (Å²) in [6.45, 7) is 2.32. The Balaban J connectivity index is 1.81. The molecule has 0 spiro atoms. The van der Waals surface area contributed by atoms with E-state index in [9.17, 15) is 4.79 Å². The van der Waals surface area contributed by atoms with Crippen molar-refractivity contribution < 1.29 is 9.53 Å². The number of thiazole rings is 1. The van der Waals surface area contributed by atoms with Crippen LogP contribution in [-0.2, 0) is 4.74 Å². The number of rotatable bonds is 1. The molecular formula is C15H12N2O2S. The molecule has 4 nitrogen and oxygen atoms in total. The van der Waals surface area contributed by atoms with Gasteiger partial charge < -0.3 is 10.1 Å². The summed E-state index contributed by atoms with van der Waals surface area (Å²) in [6.07, 6.45) is -0.371. The van der Waals surface area contributed by atoms with Crippen LogP contribution in [0.2, 0.25) is 0 Å². The minimum atomic E-state index is -0.371. The largest absolute Gasteiger partial charge is 0.447 e. The van der Waals surface area contributed by atoms with E-state index in [0.29, 0.717) is 6.61 Å². The average Bonchev–Trinajstić information content (AvgIpc) is 3.06. The van der Waals surface area contributed by atoms with Gasteiger partial charge in [-0.05, 0) is 30.5 Å². The van der Waals surface area contributed by atoms with E-state index in [1.54, 1.807) is 11.3 Å². The first kappa shape index (κ1) is 12.7. The van der Waals surface area contributed by atoms with Crippen LogP contribution in [0.5, 0.6) is 0 Å². The Bertz CT molecular complexity index is 712. The smallest absolute Gasteiger partial charge is 0.407 e.